The number of thiocarbonyl (C=S) groups is 1. The molecule has 144 valence electrons. The second kappa shape index (κ2) is 9.15. The van der Waals surface area contributed by atoms with Crippen LogP contribution in [0.4, 0.5) is 10.1 Å². The Morgan fingerprint density at radius 1 is 1.19 bits per heavy atom. The summed E-state index contributed by atoms with van der Waals surface area (Å²) >= 11 is 5.41. The standard InChI is InChI=1S/C21H26FN3OS/c1-15-5-8-17(13-19(15)22)24-21(27)23-14-20(25-11-3-4-12-25)16-6-9-18(26-2)10-7-16/h5-10,13,20H,3-4,11-12,14H2,1-2H3,(H2,23,24,27). The molecule has 1 saturated heterocycles. The summed E-state index contributed by atoms with van der Waals surface area (Å²) < 4.78 is 19.0. The number of hydrogen-bond donors (Lipinski definition) is 2. The summed E-state index contributed by atoms with van der Waals surface area (Å²) in [5, 5.41) is 6.86. The third-order valence-corrected chi connectivity index (χ3v) is 5.21. The maximum atomic E-state index is 13.7. The highest BCUT2D eigenvalue weighted by atomic mass is 32.1. The van der Waals surface area contributed by atoms with Gasteiger partial charge in [0.2, 0.25) is 0 Å². The van der Waals surface area contributed by atoms with Gasteiger partial charge in [-0.2, -0.15) is 0 Å². The molecule has 1 atom stereocenters. The molecule has 1 aliphatic heterocycles. The predicted octanol–water partition coefficient (Wildman–Crippen LogP) is 4.27. The first-order chi connectivity index (χ1) is 13.1. The average molecular weight is 388 g/mol. The molecule has 2 aromatic carbocycles. The lowest BCUT2D eigenvalue weighted by atomic mass is 10.1. The fraction of sp³-hybridized carbons (Fsp3) is 0.381. The molecule has 0 radical (unpaired) electrons. The number of likely N-dealkylation sites (tertiary alicyclic amines) is 1. The quantitative estimate of drug-likeness (QED) is 0.724. The fourth-order valence-corrected chi connectivity index (χ4v) is 3.57. The van der Waals surface area contributed by atoms with Crippen molar-refractivity contribution < 1.29 is 9.13 Å². The Labute approximate surface area is 165 Å². The highest BCUT2D eigenvalue weighted by molar-refractivity contribution is 7.80. The summed E-state index contributed by atoms with van der Waals surface area (Å²) in [7, 11) is 1.67. The van der Waals surface area contributed by atoms with Gasteiger partial charge in [-0.25, -0.2) is 4.39 Å². The number of nitrogens with zero attached hydrogens (tertiary/aromatic N) is 1. The number of methoxy groups -OCH3 is 1. The van der Waals surface area contributed by atoms with Crippen molar-refractivity contribution in [2.45, 2.75) is 25.8 Å². The summed E-state index contributed by atoms with van der Waals surface area (Å²) in [5.41, 5.74) is 2.50. The van der Waals surface area contributed by atoms with Crippen LogP contribution in [0.3, 0.4) is 0 Å². The SMILES string of the molecule is COc1ccc(C(CNC(=S)Nc2ccc(C)c(F)c2)N2CCCC2)cc1. The van der Waals surface area contributed by atoms with Gasteiger partial charge in [-0.05, 0) is 80.5 Å². The van der Waals surface area contributed by atoms with Gasteiger partial charge in [0.05, 0.1) is 13.2 Å². The number of nitrogens with one attached hydrogen (secondary N) is 2. The first kappa shape index (κ1) is 19.6. The van der Waals surface area contributed by atoms with Crippen LogP contribution in [0.25, 0.3) is 0 Å². The molecule has 1 heterocycles. The number of halogens is 1. The molecule has 0 bridgehead atoms. The van der Waals surface area contributed by atoms with Crippen LogP contribution in [-0.2, 0) is 0 Å². The van der Waals surface area contributed by atoms with E-state index in [1.54, 1.807) is 20.1 Å². The van der Waals surface area contributed by atoms with Crippen molar-refractivity contribution in [2.24, 2.45) is 0 Å². The van der Waals surface area contributed by atoms with Crippen molar-refractivity contribution in [2.75, 3.05) is 32.1 Å². The topological polar surface area (TPSA) is 36.5 Å². The average Bonchev–Trinajstić information content (AvgIpc) is 3.20. The van der Waals surface area contributed by atoms with Gasteiger partial charge in [-0.15, -0.1) is 0 Å². The smallest absolute Gasteiger partial charge is 0.170 e. The largest absolute Gasteiger partial charge is 0.497 e. The number of ether oxygens (including phenoxy) is 1. The van der Waals surface area contributed by atoms with E-state index in [9.17, 15) is 4.39 Å². The van der Waals surface area contributed by atoms with Crippen LogP contribution < -0.4 is 15.4 Å². The molecule has 0 amide bonds. The van der Waals surface area contributed by atoms with Crippen molar-refractivity contribution in [1.82, 2.24) is 10.2 Å². The Hall–Kier alpha value is -2.18. The van der Waals surface area contributed by atoms with Crippen molar-refractivity contribution in [3.63, 3.8) is 0 Å². The first-order valence-corrected chi connectivity index (χ1v) is 9.66. The summed E-state index contributed by atoms with van der Waals surface area (Å²) in [6, 6.07) is 13.5. The Kier molecular flexibility index (Phi) is 6.63. The highest BCUT2D eigenvalue weighted by Crippen LogP contribution is 2.26. The maximum absolute atomic E-state index is 13.7. The maximum Gasteiger partial charge on any atom is 0.170 e. The normalized spacial score (nSPS) is 15.4. The minimum absolute atomic E-state index is 0.230. The molecule has 0 aliphatic carbocycles. The number of aryl methyl sites for hydroxylation is 1. The predicted molar refractivity (Wildman–Crippen MR) is 112 cm³/mol. The third-order valence-electron chi connectivity index (χ3n) is 4.97. The van der Waals surface area contributed by atoms with Crippen LogP contribution in [0, 0.1) is 12.7 Å². The Morgan fingerprint density at radius 3 is 2.52 bits per heavy atom. The van der Waals surface area contributed by atoms with E-state index in [1.807, 2.05) is 18.2 Å². The van der Waals surface area contributed by atoms with Crippen LogP contribution in [0.1, 0.15) is 30.0 Å². The van der Waals surface area contributed by atoms with E-state index in [4.69, 9.17) is 17.0 Å². The monoisotopic (exact) mass is 387 g/mol. The summed E-state index contributed by atoms with van der Waals surface area (Å²) in [5.74, 6) is 0.612. The molecular formula is C21H26FN3OS. The molecule has 1 aliphatic rings. The minimum atomic E-state index is -0.240. The molecular weight excluding hydrogens is 361 g/mol. The van der Waals surface area contributed by atoms with Gasteiger partial charge in [0, 0.05) is 12.2 Å². The highest BCUT2D eigenvalue weighted by Gasteiger charge is 2.23. The summed E-state index contributed by atoms with van der Waals surface area (Å²) in [6.07, 6.45) is 2.44. The van der Waals surface area contributed by atoms with Gasteiger partial charge in [-0.1, -0.05) is 18.2 Å². The first-order valence-electron chi connectivity index (χ1n) is 9.26. The van der Waals surface area contributed by atoms with Gasteiger partial charge in [0.15, 0.2) is 5.11 Å². The van der Waals surface area contributed by atoms with Gasteiger partial charge in [0.1, 0.15) is 11.6 Å². The molecule has 0 aromatic heterocycles. The second-order valence-electron chi connectivity index (χ2n) is 6.83. The molecule has 0 saturated carbocycles. The van der Waals surface area contributed by atoms with E-state index < -0.39 is 0 Å². The van der Waals surface area contributed by atoms with Crippen molar-refractivity contribution in [3.05, 3.63) is 59.4 Å². The van der Waals surface area contributed by atoms with E-state index in [2.05, 4.69) is 27.7 Å². The van der Waals surface area contributed by atoms with E-state index in [0.717, 1.165) is 18.8 Å². The van der Waals surface area contributed by atoms with E-state index in [1.165, 1.54) is 24.5 Å². The lowest BCUT2D eigenvalue weighted by molar-refractivity contribution is 0.246. The molecule has 1 fully saturated rings. The molecule has 6 heteroatoms. The van der Waals surface area contributed by atoms with Crippen molar-refractivity contribution in [1.29, 1.82) is 0 Å². The Morgan fingerprint density at radius 2 is 1.89 bits per heavy atom. The molecule has 2 aromatic rings. The van der Waals surface area contributed by atoms with Crippen LogP contribution in [0.5, 0.6) is 5.75 Å². The van der Waals surface area contributed by atoms with Crippen LogP contribution >= 0.6 is 12.2 Å². The lowest BCUT2D eigenvalue weighted by Crippen LogP contribution is -2.38. The second-order valence-corrected chi connectivity index (χ2v) is 7.24. The van der Waals surface area contributed by atoms with Gasteiger partial charge in [-0.3, -0.25) is 4.90 Å². The third kappa shape index (κ3) is 5.17. The molecule has 27 heavy (non-hydrogen) atoms. The number of rotatable bonds is 6. The zero-order valence-electron chi connectivity index (χ0n) is 15.8. The Balaban J connectivity index is 1.64. The Bertz CT molecular complexity index is 775. The molecule has 1 unspecified atom stereocenters. The van der Waals surface area contributed by atoms with Gasteiger partial charge < -0.3 is 15.4 Å². The summed E-state index contributed by atoms with van der Waals surface area (Å²) in [4.78, 5) is 2.48. The number of benzene rings is 2. The summed E-state index contributed by atoms with van der Waals surface area (Å²) in [6.45, 7) is 4.60. The van der Waals surface area contributed by atoms with E-state index >= 15 is 0 Å². The molecule has 3 rings (SSSR count). The van der Waals surface area contributed by atoms with E-state index in [-0.39, 0.29) is 11.9 Å². The fourth-order valence-electron chi connectivity index (χ4n) is 3.37. The molecule has 4 nitrogen and oxygen atoms in total. The van der Waals surface area contributed by atoms with Crippen LogP contribution in [-0.4, -0.2) is 36.8 Å². The van der Waals surface area contributed by atoms with E-state index in [0.29, 0.717) is 22.9 Å². The molecule has 0 spiro atoms. The lowest BCUT2D eigenvalue weighted by Gasteiger charge is -2.29. The molecule has 2 N–H and O–H groups in total. The number of hydrogen-bond acceptors (Lipinski definition) is 3. The zero-order chi connectivity index (χ0) is 19.2. The van der Waals surface area contributed by atoms with Crippen molar-refractivity contribution >= 4 is 23.0 Å². The van der Waals surface area contributed by atoms with Gasteiger partial charge in [0.25, 0.3) is 0 Å². The zero-order valence-corrected chi connectivity index (χ0v) is 16.6. The number of anilines is 1. The van der Waals surface area contributed by atoms with Crippen LogP contribution in [0.2, 0.25) is 0 Å². The van der Waals surface area contributed by atoms with Gasteiger partial charge >= 0.3 is 0 Å². The minimum Gasteiger partial charge on any atom is -0.497 e. The van der Waals surface area contributed by atoms with Crippen LogP contribution in [0.15, 0.2) is 42.5 Å². The van der Waals surface area contributed by atoms with Crippen molar-refractivity contribution in [3.8, 4) is 5.75 Å².